The molecule has 0 aliphatic carbocycles. The highest BCUT2D eigenvalue weighted by Gasteiger charge is 2.31. The molecule has 0 atom stereocenters. The Morgan fingerprint density at radius 1 is 1.26 bits per heavy atom. The molecule has 0 N–H and O–H groups in total. The zero-order chi connectivity index (χ0) is 24.6. The zero-order valence-corrected chi connectivity index (χ0v) is 21.0. The normalized spacial score (nSPS) is 15.2. The molecule has 0 unspecified atom stereocenters. The number of hydrogen-bond acceptors (Lipinski definition) is 5. The molecule has 2 aromatic rings. The summed E-state index contributed by atoms with van der Waals surface area (Å²) in [4.78, 5) is 9.93. The van der Waals surface area contributed by atoms with E-state index in [0.29, 0.717) is 18.4 Å². The number of aliphatic imine (C=N–C) groups is 1. The Hall–Kier alpha value is -3.23. The molecule has 0 amide bonds. The Morgan fingerprint density at radius 2 is 2.06 bits per heavy atom. The van der Waals surface area contributed by atoms with Gasteiger partial charge in [-0.1, -0.05) is 61.1 Å². The van der Waals surface area contributed by atoms with Crippen LogP contribution in [0.2, 0.25) is 0 Å². The van der Waals surface area contributed by atoms with Crippen molar-refractivity contribution in [2.45, 2.75) is 20.3 Å². The van der Waals surface area contributed by atoms with Crippen LogP contribution in [0.4, 0.5) is 5.69 Å². The van der Waals surface area contributed by atoms with Crippen LogP contribution in [0.1, 0.15) is 25.1 Å². The summed E-state index contributed by atoms with van der Waals surface area (Å²) < 4.78 is 28.4. The predicted molar refractivity (Wildman–Crippen MR) is 147 cm³/mol. The quantitative estimate of drug-likeness (QED) is 0.268. The second-order valence-corrected chi connectivity index (χ2v) is 10.1. The Balaban J connectivity index is 1.87. The number of sulfonamides is 1. The molecule has 1 aromatic heterocycles. The molecule has 8 heteroatoms. The number of hydrogen-bond donors (Lipinski definition) is 0. The largest absolute Gasteiger partial charge is 0.266 e. The third kappa shape index (κ3) is 5.82. The molecule has 1 radical (unpaired) electrons. The highest BCUT2D eigenvalue weighted by Crippen LogP contribution is 2.32. The maximum Gasteiger partial charge on any atom is 0.264 e. The van der Waals surface area contributed by atoms with Crippen molar-refractivity contribution in [2.24, 2.45) is 4.99 Å². The lowest BCUT2D eigenvalue weighted by molar-refractivity contribution is 0.599. The van der Waals surface area contributed by atoms with E-state index >= 15 is 0 Å². The lowest BCUT2D eigenvalue weighted by Gasteiger charge is -2.20. The van der Waals surface area contributed by atoms with Gasteiger partial charge in [-0.25, -0.2) is 8.42 Å². The smallest absolute Gasteiger partial charge is 0.264 e. The maximum absolute atomic E-state index is 13.5. The first kappa shape index (κ1) is 25.4. The van der Waals surface area contributed by atoms with Crippen molar-refractivity contribution in [1.29, 1.82) is 0 Å². The summed E-state index contributed by atoms with van der Waals surface area (Å²) in [5, 5.41) is 1.93. The van der Waals surface area contributed by atoms with Gasteiger partial charge in [0.05, 0.1) is 26.9 Å². The molecule has 34 heavy (non-hydrogen) atoms. The number of aromatic nitrogens is 1. The summed E-state index contributed by atoms with van der Waals surface area (Å²) in [6.45, 7) is 11.8. The van der Waals surface area contributed by atoms with Gasteiger partial charge >= 0.3 is 0 Å². The van der Waals surface area contributed by atoms with Crippen LogP contribution in [-0.4, -0.2) is 33.4 Å². The molecule has 1 aromatic carbocycles. The molecule has 0 bridgehead atoms. The van der Waals surface area contributed by atoms with Crippen molar-refractivity contribution >= 4 is 51.1 Å². The number of para-hydroxylation sites is 1. The minimum Gasteiger partial charge on any atom is -0.266 e. The number of nitrogens with zero attached hydrogens (tertiary/aromatic N) is 3. The van der Waals surface area contributed by atoms with Crippen LogP contribution in [0.3, 0.4) is 0 Å². The molecule has 0 spiro atoms. The first-order valence-electron chi connectivity index (χ1n) is 10.8. The van der Waals surface area contributed by atoms with Crippen LogP contribution in [0.15, 0.2) is 101 Å². The highest BCUT2D eigenvalue weighted by atomic mass is 32.2. The number of anilines is 1. The number of thiazole rings is 1. The van der Waals surface area contributed by atoms with Crippen molar-refractivity contribution < 1.29 is 8.42 Å². The molecule has 3 rings (SSSR count). The van der Waals surface area contributed by atoms with Gasteiger partial charge in [-0.3, -0.25) is 14.3 Å². The summed E-state index contributed by atoms with van der Waals surface area (Å²) in [6, 6.07) is 7.57. The van der Waals surface area contributed by atoms with E-state index in [-0.39, 0.29) is 4.91 Å². The topological polar surface area (TPSA) is 62.6 Å². The van der Waals surface area contributed by atoms with Crippen molar-refractivity contribution in [1.82, 2.24) is 4.98 Å². The summed E-state index contributed by atoms with van der Waals surface area (Å²) in [5.41, 5.74) is 3.92. The van der Waals surface area contributed by atoms with Gasteiger partial charge in [-0.05, 0) is 50.1 Å². The molecule has 0 saturated heterocycles. The molecule has 0 saturated carbocycles. The monoisotopic (exact) mass is 488 g/mol. The van der Waals surface area contributed by atoms with E-state index in [4.69, 9.17) is 0 Å². The molecule has 0 fully saturated rings. The summed E-state index contributed by atoms with van der Waals surface area (Å²) >= 11 is 1.46. The molecule has 2 heterocycles. The average Bonchev–Trinajstić information content (AvgIpc) is 3.48. The zero-order valence-electron chi connectivity index (χ0n) is 19.4. The third-order valence-corrected chi connectivity index (χ3v) is 7.72. The van der Waals surface area contributed by atoms with Gasteiger partial charge < -0.3 is 0 Å². The van der Waals surface area contributed by atoms with E-state index in [0.717, 1.165) is 27.5 Å². The summed E-state index contributed by atoms with van der Waals surface area (Å²) in [5.74, 6) is 0. The Morgan fingerprint density at radius 3 is 2.76 bits per heavy atom. The van der Waals surface area contributed by atoms with E-state index in [2.05, 4.69) is 23.1 Å². The Bertz CT molecular complexity index is 1320. The van der Waals surface area contributed by atoms with E-state index < -0.39 is 10.0 Å². The van der Waals surface area contributed by atoms with Crippen LogP contribution < -0.4 is 9.21 Å². The van der Waals surface area contributed by atoms with Crippen molar-refractivity contribution in [3.8, 4) is 0 Å². The maximum atomic E-state index is 13.5. The Kier molecular flexibility index (Phi) is 8.79. The standard InChI is InChI=1S/C26H27BN3O2S2/c1-5-9-16-28-23(8-4)24-19-33-26(29-24)27-21(12-6-2)18-22(7-3)34(31,32)30-17-15-20-13-10-11-14-25(20)30/h5-14,16,18-19H,2-3,15,17H2,1,4H3/b9-5-,21-12+,22-18+,23-8-,28-16+. The Labute approximate surface area is 207 Å². The first-order valence-corrected chi connectivity index (χ1v) is 13.2. The minimum atomic E-state index is -3.77. The fourth-order valence-corrected chi connectivity index (χ4v) is 5.75. The van der Waals surface area contributed by atoms with Gasteiger partial charge in [0, 0.05) is 18.1 Å². The molecule has 173 valence electrons. The van der Waals surface area contributed by atoms with Crippen molar-refractivity contribution in [3.63, 3.8) is 0 Å². The molecule has 1 aliphatic heterocycles. The number of rotatable bonds is 10. The average molecular weight is 488 g/mol. The SMILES string of the molecule is C=C/C=C([B]c1nc(C(=C/C)/N=C/C=C\C)cs1)\C=C(/C=C)S(=O)(=O)N1CCc2ccccc21. The number of fused-ring (bicyclic) bond motifs is 1. The van der Waals surface area contributed by atoms with Gasteiger partial charge in [0.15, 0.2) is 0 Å². The second-order valence-electron chi connectivity index (χ2n) is 7.30. The lowest BCUT2D eigenvalue weighted by Crippen LogP contribution is -2.30. The van der Waals surface area contributed by atoms with Crippen LogP contribution in [0.5, 0.6) is 0 Å². The molecular formula is C26H27BN3O2S2. The van der Waals surface area contributed by atoms with Crippen LogP contribution in [0.25, 0.3) is 5.70 Å². The van der Waals surface area contributed by atoms with Gasteiger partial charge in [-0.2, -0.15) is 0 Å². The van der Waals surface area contributed by atoms with Crippen LogP contribution in [0, 0.1) is 0 Å². The van der Waals surface area contributed by atoms with Gasteiger partial charge in [0.1, 0.15) is 0 Å². The fraction of sp³-hybridized carbons (Fsp3) is 0.154. The summed E-state index contributed by atoms with van der Waals surface area (Å²) in [7, 11) is -1.94. The number of benzene rings is 1. The minimum absolute atomic E-state index is 0.121. The third-order valence-electron chi connectivity index (χ3n) is 5.09. The van der Waals surface area contributed by atoms with Gasteiger partial charge in [0.25, 0.3) is 10.0 Å². The summed E-state index contributed by atoms with van der Waals surface area (Å²) in [6.07, 6.45) is 14.4. The fourth-order valence-electron chi connectivity index (χ4n) is 3.47. The van der Waals surface area contributed by atoms with Crippen LogP contribution >= 0.6 is 11.3 Å². The van der Waals surface area contributed by atoms with Crippen molar-refractivity contribution in [3.05, 3.63) is 107 Å². The predicted octanol–water partition coefficient (Wildman–Crippen LogP) is 5.01. The van der Waals surface area contributed by atoms with Crippen molar-refractivity contribution in [2.75, 3.05) is 10.8 Å². The van der Waals surface area contributed by atoms with Crippen LogP contribution in [-0.2, 0) is 16.4 Å². The molecule has 5 nitrogen and oxygen atoms in total. The van der Waals surface area contributed by atoms with Gasteiger partial charge in [0.2, 0.25) is 7.28 Å². The van der Waals surface area contributed by atoms with Gasteiger partial charge in [-0.15, -0.1) is 11.3 Å². The van der Waals surface area contributed by atoms with E-state index in [1.54, 1.807) is 24.4 Å². The van der Waals surface area contributed by atoms with E-state index in [9.17, 15) is 8.42 Å². The first-order chi connectivity index (χ1) is 16.4. The lowest BCUT2D eigenvalue weighted by atomic mass is 9.70. The van der Waals surface area contributed by atoms with E-state index in [1.807, 2.05) is 69.0 Å². The second kappa shape index (κ2) is 11.8. The van der Waals surface area contributed by atoms with E-state index in [1.165, 1.54) is 21.7 Å². The molecular weight excluding hydrogens is 461 g/mol. The highest BCUT2D eigenvalue weighted by molar-refractivity contribution is 7.96. The molecule has 1 aliphatic rings. The number of allylic oxidation sites excluding steroid dienone is 8.